The van der Waals surface area contributed by atoms with E-state index < -0.39 is 11.6 Å². The summed E-state index contributed by atoms with van der Waals surface area (Å²) in [5.74, 6) is 1.34. The van der Waals surface area contributed by atoms with Gasteiger partial charge in [-0.05, 0) is 31.5 Å². The number of rotatable bonds is 5. The second kappa shape index (κ2) is 7.84. The van der Waals surface area contributed by atoms with Gasteiger partial charge in [0.2, 0.25) is 0 Å². The van der Waals surface area contributed by atoms with E-state index >= 15 is 0 Å². The van der Waals surface area contributed by atoms with Crippen LogP contribution in [0.5, 0.6) is 0 Å². The predicted molar refractivity (Wildman–Crippen MR) is 90.3 cm³/mol. The highest BCUT2D eigenvalue weighted by Gasteiger charge is 2.35. The maximum Gasteiger partial charge on any atom is 0.133 e. The van der Waals surface area contributed by atoms with E-state index in [1.807, 2.05) is 30.4 Å². The van der Waals surface area contributed by atoms with Gasteiger partial charge in [-0.25, -0.2) is 8.78 Å². The molecule has 1 saturated heterocycles. The van der Waals surface area contributed by atoms with Crippen LogP contribution < -0.4 is 5.32 Å². The molecule has 0 bridgehead atoms. The molecule has 2 rings (SSSR count). The van der Waals surface area contributed by atoms with Gasteiger partial charge >= 0.3 is 0 Å². The van der Waals surface area contributed by atoms with Crippen molar-refractivity contribution in [2.75, 3.05) is 18.1 Å². The Morgan fingerprint density at radius 3 is 2.62 bits per heavy atom. The minimum atomic E-state index is -0.435. The molecule has 1 aliphatic heterocycles. The van der Waals surface area contributed by atoms with Gasteiger partial charge in [-0.1, -0.05) is 19.9 Å². The van der Waals surface area contributed by atoms with Gasteiger partial charge in [-0.15, -0.1) is 0 Å². The number of benzene rings is 1. The lowest BCUT2D eigenvalue weighted by Gasteiger charge is -2.37. The average molecular weight is 331 g/mol. The molecule has 5 heteroatoms. The summed E-state index contributed by atoms with van der Waals surface area (Å²) in [6.45, 7) is 6.54. The van der Waals surface area contributed by atoms with Crippen LogP contribution in [-0.4, -0.2) is 28.6 Å². The highest BCUT2D eigenvalue weighted by Crippen LogP contribution is 2.41. The Morgan fingerprint density at radius 2 is 1.95 bits per heavy atom. The number of hydrogen-bond acceptors (Lipinski definition) is 3. The molecule has 1 aliphatic rings. The van der Waals surface area contributed by atoms with Crippen molar-refractivity contribution in [2.45, 2.75) is 43.7 Å². The highest BCUT2D eigenvalue weighted by molar-refractivity contribution is 8.07. The Balaban J connectivity index is 2.41. The summed E-state index contributed by atoms with van der Waals surface area (Å²) in [6, 6.07) is 2.63. The number of hydrogen-bond donors (Lipinski definition) is 1. The lowest BCUT2D eigenvalue weighted by atomic mass is 9.97. The van der Waals surface area contributed by atoms with Crippen molar-refractivity contribution in [3.05, 3.63) is 34.9 Å². The molecule has 21 heavy (non-hydrogen) atoms. The second-order valence-electron chi connectivity index (χ2n) is 5.28. The molecule has 1 N–H and O–H groups in total. The van der Waals surface area contributed by atoms with Crippen LogP contribution in [0.3, 0.4) is 0 Å². The lowest BCUT2D eigenvalue weighted by molar-refractivity contribution is 0.453. The zero-order valence-corrected chi connectivity index (χ0v) is 14.4. The van der Waals surface area contributed by atoms with Crippen molar-refractivity contribution in [1.82, 2.24) is 5.32 Å². The molecule has 1 aromatic rings. The molecule has 0 amide bonds. The van der Waals surface area contributed by atoms with Crippen LogP contribution in [0.1, 0.15) is 37.4 Å². The van der Waals surface area contributed by atoms with Gasteiger partial charge in [0.25, 0.3) is 0 Å². The summed E-state index contributed by atoms with van der Waals surface area (Å²) < 4.78 is 28.8. The Kier molecular flexibility index (Phi) is 6.38. The molecule has 3 atom stereocenters. The number of aryl methyl sites for hydroxylation is 1. The zero-order valence-electron chi connectivity index (χ0n) is 12.8. The number of nitrogens with one attached hydrogen (secondary N) is 1. The third kappa shape index (κ3) is 3.74. The van der Waals surface area contributed by atoms with Crippen LogP contribution in [0.4, 0.5) is 8.78 Å². The van der Waals surface area contributed by atoms with Crippen LogP contribution in [0, 0.1) is 18.6 Å². The van der Waals surface area contributed by atoms with E-state index in [4.69, 9.17) is 0 Å². The molecular formula is C16H23F2NS2. The van der Waals surface area contributed by atoms with Crippen LogP contribution in [0.2, 0.25) is 0 Å². The molecule has 0 radical (unpaired) electrons. The molecule has 1 aromatic carbocycles. The molecule has 118 valence electrons. The lowest BCUT2D eigenvalue weighted by Crippen LogP contribution is -2.39. The SMILES string of the molecule is CCNC(c1c(F)ccc(C)c1F)C1SCCSC1CC. The first kappa shape index (κ1) is 17.1. The molecule has 0 aliphatic carbocycles. The summed E-state index contributed by atoms with van der Waals surface area (Å²) in [6.07, 6.45) is 1.03. The Morgan fingerprint density at radius 1 is 1.24 bits per heavy atom. The monoisotopic (exact) mass is 331 g/mol. The first-order valence-electron chi connectivity index (χ1n) is 7.51. The highest BCUT2D eigenvalue weighted by atomic mass is 32.2. The van der Waals surface area contributed by atoms with Gasteiger partial charge in [-0.3, -0.25) is 0 Å². The average Bonchev–Trinajstić information content (AvgIpc) is 2.50. The summed E-state index contributed by atoms with van der Waals surface area (Å²) in [5.41, 5.74) is 0.728. The van der Waals surface area contributed by atoms with Crippen LogP contribution in [0.25, 0.3) is 0 Å². The van der Waals surface area contributed by atoms with Crippen LogP contribution in [-0.2, 0) is 0 Å². The van der Waals surface area contributed by atoms with Crippen molar-refractivity contribution in [1.29, 1.82) is 0 Å². The molecule has 0 aromatic heterocycles. The number of thioether (sulfide) groups is 2. The summed E-state index contributed by atoms with van der Waals surface area (Å²) >= 11 is 3.78. The van der Waals surface area contributed by atoms with E-state index in [9.17, 15) is 8.78 Å². The maximum absolute atomic E-state index is 14.5. The molecule has 1 nitrogen and oxygen atoms in total. The summed E-state index contributed by atoms with van der Waals surface area (Å²) in [4.78, 5) is 0. The molecular weight excluding hydrogens is 308 g/mol. The van der Waals surface area contributed by atoms with Crippen molar-refractivity contribution in [3.8, 4) is 0 Å². The first-order valence-corrected chi connectivity index (χ1v) is 9.60. The second-order valence-corrected chi connectivity index (χ2v) is 7.91. The van der Waals surface area contributed by atoms with Crippen molar-refractivity contribution < 1.29 is 8.78 Å². The van der Waals surface area contributed by atoms with Gasteiger partial charge < -0.3 is 5.32 Å². The van der Waals surface area contributed by atoms with E-state index in [1.54, 1.807) is 6.92 Å². The summed E-state index contributed by atoms with van der Waals surface area (Å²) in [7, 11) is 0. The van der Waals surface area contributed by atoms with Crippen LogP contribution in [0.15, 0.2) is 12.1 Å². The number of halogens is 2. The van der Waals surface area contributed by atoms with Crippen molar-refractivity contribution >= 4 is 23.5 Å². The molecule has 1 fully saturated rings. The molecule has 0 saturated carbocycles. The minimum absolute atomic E-state index is 0.208. The Labute approximate surface area is 134 Å². The van der Waals surface area contributed by atoms with Gasteiger partial charge in [0.1, 0.15) is 11.6 Å². The topological polar surface area (TPSA) is 12.0 Å². The van der Waals surface area contributed by atoms with E-state index in [1.165, 1.54) is 12.1 Å². The van der Waals surface area contributed by atoms with Crippen molar-refractivity contribution in [2.24, 2.45) is 0 Å². The van der Waals surface area contributed by atoms with Gasteiger partial charge in [0.05, 0.1) is 6.04 Å². The summed E-state index contributed by atoms with van der Waals surface area (Å²) in [5, 5.41) is 3.97. The van der Waals surface area contributed by atoms with Gasteiger partial charge in [0.15, 0.2) is 0 Å². The predicted octanol–water partition coefficient (Wildman–Crippen LogP) is 4.55. The zero-order chi connectivity index (χ0) is 15.4. The molecule has 1 heterocycles. The fourth-order valence-electron chi connectivity index (χ4n) is 2.81. The fourth-order valence-corrected chi connectivity index (χ4v) is 6.04. The van der Waals surface area contributed by atoms with Crippen molar-refractivity contribution in [3.63, 3.8) is 0 Å². The van der Waals surface area contributed by atoms with E-state index in [0.29, 0.717) is 17.4 Å². The quantitative estimate of drug-likeness (QED) is 0.850. The standard InChI is InChI=1S/C16H23F2NS2/c1-4-12-16(21-9-8-20-12)15(19-5-2)13-11(17)7-6-10(3)14(13)18/h6-7,12,15-16,19H,4-5,8-9H2,1-3H3. The van der Waals surface area contributed by atoms with Crippen LogP contribution >= 0.6 is 23.5 Å². The third-order valence-electron chi connectivity index (χ3n) is 3.88. The fraction of sp³-hybridized carbons (Fsp3) is 0.625. The first-order chi connectivity index (χ1) is 10.1. The largest absolute Gasteiger partial charge is 0.309 e. The third-order valence-corrected chi connectivity index (χ3v) is 7.23. The Bertz CT molecular complexity index is 482. The maximum atomic E-state index is 14.5. The molecule has 3 unspecified atom stereocenters. The Hall–Kier alpha value is -0.260. The van der Waals surface area contributed by atoms with Gasteiger partial charge in [0, 0.05) is 27.6 Å². The molecule has 0 spiro atoms. The normalized spacial score (nSPS) is 24.0. The van der Waals surface area contributed by atoms with E-state index in [0.717, 1.165) is 17.9 Å². The van der Waals surface area contributed by atoms with E-state index in [-0.39, 0.29) is 16.9 Å². The smallest absolute Gasteiger partial charge is 0.133 e. The van der Waals surface area contributed by atoms with Gasteiger partial charge in [-0.2, -0.15) is 23.5 Å². The minimum Gasteiger partial charge on any atom is -0.309 e. The van der Waals surface area contributed by atoms with E-state index in [2.05, 4.69) is 12.2 Å².